The van der Waals surface area contributed by atoms with Crippen LogP contribution >= 0.6 is 0 Å². The minimum Gasteiger partial charge on any atom is -0.496 e. The van der Waals surface area contributed by atoms with Gasteiger partial charge in [0.1, 0.15) is 17.4 Å². The van der Waals surface area contributed by atoms with Crippen molar-refractivity contribution in [1.82, 2.24) is 4.98 Å². The Morgan fingerprint density at radius 2 is 2.27 bits per heavy atom. The normalized spacial score (nSPS) is 9.87. The van der Waals surface area contributed by atoms with Crippen molar-refractivity contribution in [3.63, 3.8) is 0 Å². The number of ether oxygens (including phenoxy) is 1. The van der Waals surface area contributed by atoms with E-state index in [0.29, 0.717) is 16.7 Å². The zero-order valence-corrected chi connectivity index (χ0v) is 8.07. The van der Waals surface area contributed by atoms with Gasteiger partial charge in [-0.15, -0.1) is 0 Å². The van der Waals surface area contributed by atoms with E-state index in [1.54, 1.807) is 18.2 Å². The number of methoxy groups -OCH3 is 1. The molecule has 0 fully saturated rings. The quantitative estimate of drug-likeness (QED) is 0.756. The molecule has 0 aliphatic heterocycles. The zero-order chi connectivity index (χ0) is 10.8. The highest BCUT2D eigenvalue weighted by Crippen LogP contribution is 2.20. The van der Waals surface area contributed by atoms with E-state index in [9.17, 15) is 4.79 Å². The van der Waals surface area contributed by atoms with Crippen LogP contribution in [0, 0.1) is 11.3 Å². The molecule has 0 unspecified atom stereocenters. The average Bonchev–Trinajstić information content (AvgIpc) is 2.29. The molecule has 4 heteroatoms. The third-order valence-corrected chi connectivity index (χ3v) is 2.21. The van der Waals surface area contributed by atoms with Crippen LogP contribution in [-0.4, -0.2) is 12.1 Å². The highest BCUT2D eigenvalue weighted by atomic mass is 16.5. The first-order valence-corrected chi connectivity index (χ1v) is 4.36. The zero-order valence-electron chi connectivity index (χ0n) is 8.07. The fraction of sp³-hybridized carbons (Fsp3) is 0.0909. The van der Waals surface area contributed by atoms with Crippen LogP contribution < -0.4 is 10.2 Å². The van der Waals surface area contributed by atoms with Crippen LogP contribution in [-0.2, 0) is 0 Å². The second-order valence-electron chi connectivity index (χ2n) is 3.03. The third kappa shape index (κ3) is 1.34. The maximum absolute atomic E-state index is 11.8. The van der Waals surface area contributed by atoms with Gasteiger partial charge in [-0.05, 0) is 12.1 Å². The van der Waals surface area contributed by atoms with Crippen molar-refractivity contribution in [3.8, 4) is 11.8 Å². The number of aromatic nitrogens is 1. The Labute approximate surface area is 85.7 Å². The van der Waals surface area contributed by atoms with Crippen molar-refractivity contribution in [2.45, 2.75) is 0 Å². The number of hydrogen-bond acceptors (Lipinski definition) is 3. The fourth-order valence-corrected chi connectivity index (χ4v) is 1.49. The molecule has 15 heavy (non-hydrogen) atoms. The number of aromatic amines is 1. The summed E-state index contributed by atoms with van der Waals surface area (Å²) < 4.78 is 5.08. The molecule has 4 nitrogen and oxygen atoms in total. The van der Waals surface area contributed by atoms with Crippen molar-refractivity contribution < 1.29 is 4.74 Å². The molecule has 0 aliphatic rings. The van der Waals surface area contributed by atoms with Crippen LogP contribution in [0.1, 0.15) is 5.56 Å². The molecule has 0 saturated heterocycles. The maximum Gasteiger partial charge on any atom is 0.210 e. The molecule has 74 valence electrons. The summed E-state index contributed by atoms with van der Waals surface area (Å²) in [5.74, 6) is 0.478. The van der Waals surface area contributed by atoms with Gasteiger partial charge >= 0.3 is 0 Å². The van der Waals surface area contributed by atoms with Gasteiger partial charge in [0.2, 0.25) is 5.43 Å². The van der Waals surface area contributed by atoms with Crippen LogP contribution in [0.2, 0.25) is 0 Å². The summed E-state index contributed by atoms with van der Waals surface area (Å²) in [5, 5.41) is 9.15. The number of hydrogen-bond donors (Lipinski definition) is 1. The molecule has 0 radical (unpaired) electrons. The number of nitriles is 1. The lowest BCUT2D eigenvalue weighted by atomic mass is 10.1. The Kier molecular flexibility index (Phi) is 2.14. The summed E-state index contributed by atoms with van der Waals surface area (Å²) in [5.41, 5.74) is 0.453. The number of nitrogens with zero attached hydrogens (tertiary/aromatic N) is 1. The van der Waals surface area contributed by atoms with Crippen molar-refractivity contribution in [2.24, 2.45) is 0 Å². The lowest BCUT2D eigenvalue weighted by Gasteiger charge is -2.03. The Morgan fingerprint density at radius 1 is 1.47 bits per heavy atom. The number of nitrogens with one attached hydrogen (secondary N) is 1. The van der Waals surface area contributed by atoms with E-state index in [-0.39, 0.29) is 11.0 Å². The number of pyridine rings is 1. The molecular formula is C11H8N2O2. The highest BCUT2D eigenvalue weighted by molar-refractivity contribution is 5.85. The van der Waals surface area contributed by atoms with Gasteiger partial charge in [0.15, 0.2) is 0 Å². The van der Waals surface area contributed by atoms with Crippen LogP contribution in [0.5, 0.6) is 5.75 Å². The van der Waals surface area contributed by atoms with Crippen molar-refractivity contribution in [3.05, 3.63) is 40.2 Å². The molecule has 0 bridgehead atoms. The van der Waals surface area contributed by atoms with Crippen LogP contribution in [0.15, 0.2) is 29.2 Å². The van der Waals surface area contributed by atoms with Crippen LogP contribution in [0.3, 0.4) is 0 Å². The number of rotatable bonds is 1. The van der Waals surface area contributed by atoms with Crippen LogP contribution in [0.4, 0.5) is 0 Å². The van der Waals surface area contributed by atoms with Gasteiger partial charge in [-0.25, -0.2) is 0 Å². The monoisotopic (exact) mass is 200 g/mol. The molecule has 2 aromatic rings. The van der Waals surface area contributed by atoms with Gasteiger partial charge in [-0.3, -0.25) is 4.79 Å². The van der Waals surface area contributed by atoms with E-state index < -0.39 is 0 Å². The second-order valence-corrected chi connectivity index (χ2v) is 3.03. The van der Waals surface area contributed by atoms with E-state index in [0.717, 1.165) is 0 Å². The van der Waals surface area contributed by atoms with Gasteiger partial charge in [-0.1, -0.05) is 6.07 Å². The fourth-order valence-electron chi connectivity index (χ4n) is 1.49. The summed E-state index contributed by atoms with van der Waals surface area (Å²) >= 11 is 0. The molecule has 2 rings (SSSR count). The smallest absolute Gasteiger partial charge is 0.210 e. The largest absolute Gasteiger partial charge is 0.496 e. The molecule has 1 aromatic heterocycles. The van der Waals surface area contributed by atoms with Gasteiger partial charge < -0.3 is 9.72 Å². The van der Waals surface area contributed by atoms with E-state index in [4.69, 9.17) is 10.00 Å². The van der Waals surface area contributed by atoms with Crippen LogP contribution in [0.25, 0.3) is 10.9 Å². The summed E-state index contributed by atoms with van der Waals surface area (Å²) in [6.45, 7) is 0. The van der Waals surface area contributed by atoms with E-state index >= 15 is 0 Å². The minimum atomic E-state index is -0.302. The van der Waals surface area contributed by atoms with Gasteiger partial charge in [-0.2, -0.15) is 5.26 Å². The lowest BCUT2D eigenvalue weighted by molar-refractivity contribution is 0.419. The topological polar surface area (TPSA) is 65.9 Å². The van der Waals surface area contributed by atoms with Gasteiger partial charge in [0.05, 0.1) is 18.0 Å². The third-order valence-electron chi connectivity index (χ3n) is 2.21. The van der Waals surface area contributed by atoms with Crippen molar-refractivity contribution in [2.75, 3.05) is 7.11 Å². The number of fused-ring (bicyclic) bond motifs is 1. The van der Waals surface area contributed by atoms with E-state index in [1.165, 1.54) is 13.3 Å². The number of H-pyrrole nitrogens is 1. The summed E-state index contributed by atoms with van der Waals surface area (Å²) in [7, 11) is 1.49. The first kappa shape index (κ1) is 9.28. The van der Waals surface area contributed by atoms with E-state index in [2.05, 4.69) is 4.98 Å². The maximum atomic E-state index is 11.8. The molecule has 0 amide bonds. The summed E-state index contributed by atoms with van der Waals surface area (Å²) in [4.78, 5) is 14.7. The molecule has 0 aliphatic carbocycles. The Hall–Kier alpha value is -2.28. The molecule has 1 heterocycles. The van der Waals surface area contributed by atoms with Gasteiger partial charge in [0, 0.05) is 6.20 Å². The Balaban J connectivity index is 2.97. The molecule has 0 atom stereocenters. The second kappa shape index (κ2) is 3.46. The SMILES string of the molecule is COc1cccc2[nH]cc(C#N)c(=O)c12. The van der Waals surface area contributed by atoms with Crippen molar-refractivity contribution in [1.29, 1.82) is 5.26 Å². The average molecular weight is 200 g/mol. The van der Waals surface area contributed by atoms with Crippen molar-refractivity contribution >= 4 is 10.9 Å². The molecule has 0 spiro atoms. The number of benzene rings is 1. The first-order valence-electron chi connectivity index (χ1n) is 4.36. The Morgan fingerprint density at radius 3 is 2.93 bits per heavy atom. The summed E-state index contributed by atoms with van der Waals surface area (Å²) in [6.07, 6.45) is 1.41. The molecule has 0 saturated carbocycles. The molecule has 1 aromatic carbocycles. The molecule has 1 N–H and O–H groups in total. The standard InChI is InChI=1S/C11H8N2O2/c1-15-9-4-2-3-8-10(9)11(14)7(5-12)6-13-8/h2-4,6H,1H3,(H,13,14). The molecular weight excluding hydrogens is 192 g/mol. The lowest BCUT2D eigenvalue weighted by Crippen LogP contribution is -2.08. The summed E-state index contributed by atoms with van der Waals surface area (Å²) in [6, 6.07) is 7.08. The highest BCUT2D eigenvalue weighted by Gasteiger charge is 2.08. The van der Waals surface area contributed by atoms with Gasteiger partial charge in [0.25, 0.3) is 0 Å². The predicted octanol–water partition coefficient (Wildman–Crippen LogP) is 1.41. The van der Waals surface area contributed by atoms with E-state index in [1.807, 2.05) is 6.07 Å². The minimum absolute atomic E-state index is 0.0898. The first-order chi connectivity index (χ1) is 7.27. The Bertz CT molecular complexity index is 608. The predicted molar refractivity (Wildman–Crippen MR) is 55.8 cm³/mol.